The monoisotopic (exact) mass is 300 g/mol. The molecule has 3 nitrogen and oxygen atoms in total. The molecular formula is C19H24O3. The van der Waals surface area contributed by atoms with Gasteiger partial charge in [0.25, 0.3) is 0 Å². The zero-order valence-corrected chi connectivity index (χ0v) is 13.3. The highest BCUT2D eigenvalue weighted by atomic mass is 16.3. The number of aliphatic hydroxyl groups is 1. The lowest BCUT2D eigenvalue weighted by Gasteiger charge is -2.56. The SMILES string of the molecule is CC12C=CC(=O)C=C1C(O)CC1C2CCC2(C)C(=O)CCC12. The fraction of sp³-hybridized carbons (Fsp3) is 0.684. The van der Waals surface area contributed by atoms with Crippen molar-refractivity contribution in [3.8, 4) is 0 Å². The minimum absolute atomic E-state index is 0.0123. The van der Waals surface area contributed by atoms with Gasteiger partial charge in [0.2, 0.25) is 0 Å². The van der Waals surface area contributed by atoms with Crippen LogP contribution in [0.1, 0.15) is 46.0 Å². The van der Waals surface area contributed by atoms with Crippen LogP contribution in [0.5, 0.6) is 0 Å². The topological polar surface area (TPSA) is 54.4 Å². The van der Waals surface area contributed by atoms with Crippen molar-refractivity contribution in [3.63, 3.8) is 0 Å². The number of hydrogen-bond donors (Lipinski definition) is 1. The molecule has 4 aliphatic rings. The number of ketones is 2. The Balaban J connectivity index is 1.76. The largest absolute Gasteiger partial charge is 0.389 e. The van der Waals surface area contributed by atoms with E-state index in [1.54, 1.807) is 12.2 Å². The first-order chi connectivity index (χ1) is 10.4. The van der Waals surface area contributed by atoms with Crippen LogP contribution in [-0.2, 0) is 9.59 Å². The molecule has 0 saturated heterocycles. The second-order valence-corrected chi connectivity index (χ2v) is 8.16. The number of aliphatic hydroxyl groups excluding tert-OH is 1. The summed E-state index contributed by atoms with van der Waals surface area (Å²) in [6, 6.07) is 0. The second kappa shape index (κ2) is 4.41. The zero-order chi connectivity index (χ0) is 15.7. The number of allylic oxidation sites excluding steroid dienone is 3. The summed E-state index contributed by atoms with van der Waals surface area (Å²) in [5, 5.41) is 10.7. The van der Waals surface area contributed by atoms with E-state index in [1.165, 1.54) is 0 Å². The van der Waals surface area contributed by atoms with Gasteiger partial charge in [0.1, 0.15) is 5.78 Å². The van der Waals surface area contributed by atoms with E-state index in [2.05, 4.69) is 13.8 Å². The predicted molar refractivity (Wildman–Crippen MR) is 83.0 cm³/mol. The highest BCUT2D eigenvalue weighted by Crippen LogP contribution is 2.63. The first-order valence-corrected chi connectivity index (χ1v) is 8.53. The molecule has 0 aromatic carbocycles. The van der Waals surface area contributed by atoms with Crippen LogP contribution in [0.3, 0.4) is 0 Å². The standard InChI is InChI=1S/C19H24O3/c1-18-7-5-11(20)9-15(18)16(21)10-12-13-3-4-17(22)19(13,2)8-6-14(12)18/h5,7,9,12-14,16,21H,3-4,6,8,10H2,1-2H3. The maximum absolute atomic E-state index is 12.4. The molecule has 0 aliphatic heterocycles. The van der Waals surface area contributed by atoms with E-state index in [4.69, 9.17) is 0 Å². The van der Waals surface area contributed by atoms with Crippen LogP contribution < -0.4 is 0 Å². The third kappa shape index (κ3) is 1.66. The Morgan fingerprint density at radius 3 is 2.73 bits per heavy atom. The molecule has 0 aromatic rings. The Labute approximate surface area is 131 Å². The van der Waals surface area contributed by atoms with Gasteiger partial charge in [0.05, 0.1) is 6.10 Å². The van der Waals surface area contributed by atoms with E-state index in [-0.39, 0.29) is 16.6 Å². The van der Waals surface area contributed by atoms with Crippen LogP contribution in [0.15, 0.2) is 23.8 Å². The minimum Gasteiger partial charge on any atom is -0.389 e. The first-order valence-electron chi connectivity index (χ1n) is 8.53. The fourth-order valence-electron chi connectivity index (χ4n) is 6.02. The van der Waals surface area contributed by atoms with Crippen molar-refractivity contribution in [1.29, 1.82) is 0 Å². The maximum Gasteiger partial charge on any atom is 0.178 e. The summed E-state index contributed by atoms with van der Waals surface area (Å²) in [7, 11) is 0. The van der Waals surface area contributed by atoms with Crippen LogP contribution in [0.25, 0.3) is 0 Å². The average Bonchev–Trinajstić information content (AvgIpc) is 2.77. The van der Waals surface area contributed by atoms with Crippen molar-refractivity contribution in [2.24, 2.45) is 28.6 Å². The lowest BCUT2D eigenvalue weighted by molar-refractivity contribution is -0.132. The van der Waals surface area contributed by atoms with E-state index in [0.717, 1.165) is 24.8 Å². The van der Waals surface area contributed by atoms with Crippen LogP contribution in [0, 0.1) is 28.6 Å². The lowest BCUT2D eigenvalue weighted by Crippen LogP contribution is -2.53. The molecule has 118 valence electrons. The Bertz CT molecular complexity index is 616. The van der Waals surface area contributed by atoms with E-state index in [9.17, 15) is 14.7 Å². The molecule has 0 amide bonds. The van der Waals surface area contributed by atoms with E-state index >= 15 is 0 Å². The predicted octanol–water partition coefficient (Wildman–Crippen LogP) is 2.83. The van der Waals surface area contributed by atoms with Gasteiger partial charge in [0, 0.05) is 17.3 Å². The molecule has 6 unspecified atom stereocenters. The van der Waals surface area contributed by atoms with Gasteiger partial charge in [-0.2, -0.15) is 0 Å². The molecule has 0 spiro atoms. The Hall–Kier alpha value is -1.22. The average molecular weight is 300 g/mol. The van der Waals surface area contributed by atoms with Gasteiger partial charge in [-0.05, 0) is 61.2 Å². The molecule has 1 N–H and O–H groups in total. The summed E-state index contributed by atoms with van der Waals surface area (Å²) in [6.45, 7) is 4.31. The molecule has 0 radical (unpaired) electrons. The van der Waals surface area contributed by atoms with Gasteiger partial charge in [-0.3, -0.25) is 9.59 Å². The van der Waals surface area contributed by atoms with Crippen molar-refractivity contribution < 1.29 is 14.7 Å². The minimum atomic E-state index is -0.543. The zero-order valence-electron chi connectivity index (χ0n) is 13.3. The van der Waals surface area contributed by atoms with Crippen LogP contribution >= 0.6 is 0 Å². The van der Waals surface area contributed by atoms with E-state index < -0.39 is 6.10 Å². The molecular weight excluding hydrogens is 276 g/mol. The highest BCUT2D eigenvalue weighted by Gasteiger charge is 2.59. The normalized spacial score (nSPS) is 50.2. The maximum atomic E-state index is 12.4. The van der Waals surface area contributed by atoms with Crippen molar-refractivity contribution in [2.45, 2.75) is 52.1 Å². The number of rotatable bonds is 0. The smallest absolute Gasteiger partial charge is 0.178 e. The number of Topliss-reactive ketones (excluding diaryl/α,β-unsaturated/α-hetero) is 1. The summed E-state index contributed by atoms with van der Waals surface area (Å²) in [5.74, 6) is 1.64. The molecule has 4 rings (SSSR count). The Morgan fingerprint density at radius 1 is 1.18 bits per heavy atom. The van der Waals surface area contributed by atoms with Gasteiger partial charge >= 0.3 is 0 Å². The van der Waals surface area contributed by atoms with Crippen LogP contribution in [0.4, 0.5) is 0 Å². The van der Waals surface area contributed by atoms with Crippen molar-refractivity contribution in [3.05, 3.63) is 23.8 Å². The fourth-order valence-corrected chi connectivity index (χ4v) is 6.02. The Morgan fingerprint density at radius 2 is 1.95 bits per heavy atom. The molecule has 6 atom stereocenters. The molecule has 0 bridgehead atoms. The number of carbonyl (C=O) groups excluding carboxylic acids is 2. The molecule has 22 heavy (non-hydrogen) atoms. The van der Waals surface area contributed by atoms with Gasteiger partial charge in [-0.1, -0.05) is 19.9 Å². The van der Waals surface area contributed by atoms with Crippen molar-refractivity contribution >= 4 is 11.6 Å². The van der Waals surface area contributed by atoms with Gasteiger partial charge in [0.15, 0.2) is 5.78 Å². The summed E-state index contributed by atoms with van der Waals surface area (Å²) in [6.07, 6.45) is 9.14. The highest BCUT2D eigenvalue weighted by molar-refractivity contribution is 6.01. The lowest BCUT2D eigenvalue weighted by atomic mass is 9.48. The quantitative estimate of drug-likeness (QED) is 0.748. The number of hydrogen-bond acceptors (Lipinski definition) is 3. The first kappa shape index (κ1) is 14.4. The van der Waals surface area contributed by atoms with Crippen molar-refractivity contribution in [1.82, 2.24) is 0 Å². The molecule has 3 fully saturated rings. The summed E-state index contributed by atoms with van der Waals surface area (Å²) < 4.78 is 0. The third-order valence-corrected chi connectivity index (χ3v) is 7.28. The summed E-state index contributed by atoms with van der Waals surface area (Å²) in [5.41, 5.74) is 0.504. The van der Waals surface area contributed by atoms with Gasteiger partial charge in [-0.15, -0.1) is 0 Å². The summed E-state index contributed by atoms with van der Waals surface area (Å²) in [4.78, 5) is 24.1. The van der Waals surface area contributed by atoms with Gasteiger partial charge < -0.3 is 5.11 Å². The summed E-state index contributed by atoms with van der Waals surface area (Å²) >= 11 is 0. The van der Waals surface area contributed by atoms with Gasteiger partial charge in [-0.25, -0.2) is 0 Å². The van der Waals surface area contributed by atoms with E-state index in [1.807, 2.05) is 6.08 Å². The molecule has 4 aliphatic carbocycles. The number of carbonyl (C=O) groups is 2. The molecule has 0 heterocycles. The molecule has 0 aromatic heterocycles. The van der Waals surface area contributed by atoms with Crippen LogP contribution in [0.2, 0.25) is 0 Å². The molecule has 3 saturated carbocycles. The molecule has 3 heteroatoms. The van der Waals surface area contributed by atoms with Crippen molar-refractivity contribution in [2.75, 3.05) is 0 Å². The Kier molecular flexibility index (Phi) is 2.88. The third-order valence-electron chi connectivity index (χ3n) is 7.28. The second-order valence-electron chi connectivity index (χ2n) is 8.16. The van der Waals surface area contributed by atoms with E-state index in [0.29, 0.717) is 36.4 Å². The number of fused-ring (bicyclic) bond motifs is 5. The van der Waals surface area contributed by atoms with Crippen LogP contribution in [-0.4, -0.2) is 22.8 Å².